The maximum atomic E-state index is 12.4. The Morgan fingerprint density at radius 2 is 2.10 bits per heavy atom. The number of fused-ring (bicyclic) bond motifs is 1. The first kappa shape index (κ1) is 16.0. The number of hydrogen-bond acceptors (Lipinski definition) is 4. The Morgan fingerprint density at radius 1 is 1.29 bits per heavy atom. The van der Waals surface area contributed by atoms with Crippen LogP contribution in [0.25, 0.3) is 0 Å². The minimum atomic E-state index is 0.205. The number of hydrogen-bond donors (Lipinski definition) is 0. The van der Waals surface area contributed by atoms with Gasteiger partial charge in [0, 0.05) is 12.0 Å². The molecule has 1 aliphatic rings. The molecule has 1 aromatic carbocycles. The SMILES string of the molecule is CCN(CCCN(C)C)CC(=O)c1ccc2c(c1)CCO2. The van der Waals surface area contributed by atoms with Crippen LogP contribution in [-0.2, 0) is 6.42 Å². The van der Waals surface area contributed by atoms with Crippen LogP contribution >= 0.6 is 0 Å². The van der Waals surface area contributed by atoms with E-state index in [-0.39, 0.29) is 5.78 Å². The Labute approximate surface area is 127 Å². The lowest BCUT2D eigenvalue weighted by Crippen LogP contribution is -2.32. The van der Waals surface area contributed by atoms with Crippen molar-refractivity contribution >= 4 is 5.78 Å². The van der Waals surface area contributed by atoms with E-state index in [2.05, 4.69) is 30.8 Å². The molecule has 0 aliphatic carbocycles. The molecule has 4 nitrogen and oxygen atoms in total. The lowest BCUT2D eigenvalue weighted by molar-refractivity contribution is 0.0931. The third-order valence-corrected chi connectivity index (χ3v) is 3.91. The molecule has 21 heavy (non-hydrogen) atoms. The maximum Gasteiger partial charge on any atom is 0.176 e. The predicted octanol–water partition coefficient (Wildman–Crippen LogP) is 2.08. The zero-order valence-corrected chi connectivity index (χ0v) is 13.4. The second-order valence-corrected chi connectivity index (χ2v) is 5.87. The fourth-order valence-electron chi connectivity index (χ4n) is 2.61. The summed E-state index contributed by atoms with van der Waals surface area (Å²) in [4.78, 5) is 16.8. The van der Waals surface area contributed by atoms with Crippen molar-refractivity contribution in [1.29, 1.82) is 0 Å². The average molecular weight is 290 g/mol. The molecule has 0 aromatic heterocycles. The third-order valence-electron chi connectivity index (χ3n) is 3.91. The van der Waals surface area contributed by atoms with Gasteiger partial charge in [-0.3, -0.25) is 9.69 Å². The first-order valence-electron chi connectivity index (χ1n) is 7.76. The maximum absolute atomic E-state index is 12.4. The average Bonchev–Trinajstić information content (AvgIpc) is 2.92. The van der Waals surface area contributed by atoms with Crippen LogP contribution in [0.2, 0.25) is 0 Å². The standard InChI is InChI=1S/C17H26N2O2/c1-4-19(10-5-9-18(2)3)13-16(20)14-6-7-17-15(12-14)8-11-21-17/h6-7,12H,4-5,8-11,13H2,1-3H3. The zero-order chi connectivity index (χ0) is 15.2. The first-order chi connectivity index (χ1) is 10.1. The number of likely N-dealkylation sites (N-methyl/N-ethyl adjacent to an activating group) is 1. The highest BCUT2D eigenvalue weighted by molar-refractivity contribution is 5.98. The highest BCUT2D eigenvalue weighted by atomic mass is 16.5. The van der Waals surface area contributed by atoms with Gasteiger partial charge < -0.3 is 9.64 Å². The molecule has 1 heterocycles. The van der Waals surface area contributed by atoms with Crippen LogP contribution in [0.1, 0.15) is 29.3 Å². The molecular formula is C17H26N2O2. The van der Waals surface area contributed by atoms with Crippen LogP contribution in [-0.4, -0.2) is 62.5 Å². The van der Waals surface area contributed by atoms with Gasteiger partial charge in [-0.1, -0.05) is 6.92 Å². The molecule has 0 amide bonds. The van der Waals surface area contributed by atoms with Crippen LogP contribution in [0.3, 0.4) is 0 Å². The molecule has 0 fully saturated rings. The van der Waals surface area contributed by atoms with Gasteiger partial charge in [0.05, 0.1) is 13.2 Å². The largest absolute Gasteiger partial charge is 0.493 e. The number of benzene rings is 1. The van der Waals surface area contributed by atoms with Gasteiger partial charge in [-0.25, -0.2) is 0 Å². The van der Waals surface area contributed by atoms with E-state index in [0.29, 0.717) is 6.54 Å². The number of carbonyl (C=O) groups excluding carboxylic acids is 1. The normalized spacial score (nSPS) is 13.6. The summed E-state index contributed by atoms with van der Waals surface area (Å²) in [7, 11) is 4.15. The predicted molar refractivity (Wildman–Crippen MR) is 85.3 cm³/mol. The molecule has 0 saturated heterocycles. The monoisotopic (exact) mass is 290 g/mol. The second-order valence-electron chi connectivity index (χ2n) is 5.87. The summed E-state index contributed by atoms with van der Waals surface area (Å²) in [6.45, 7) is 6.28. The van der Waals surface area contributed by atoms with Crippen LogP contribution < -0.4 is 4.74 Å². The van der Waals surface area contributed by atoms with E-state index in [1.54, 1.807) is 0 Å². The molecular weight excluding hydrogens is 264 g/mol. The molecule has 2 rings (SSSR count). The molecule has 0 radical (unpaired) electrons. The highest BCUT2D eigenvalue weighted by Gasteiger charge is 2.16. The number of nitrogens with zero attached hydrogens (tertiary/aromatic N) is 2. The molecule has 116 valence electrons. The fourth-order valence-corrected chi connectivity index (χ4v) is 2.61. The Balaban J connectivity index is 1.90. The number of ketones is 1. The molecule has 0 spiro atoms. The lowest BCUT2D eigenvalue weighted by atomic mass is 10.1. The minimum Gasteiger partial charge on any atom is -0.493 e. The van der Waals surface area contributed by atoms with Crippen molar-refractivity contribution in [3.8, 4) is 5.75 Å². The molecule has 0 bridgehead atoms. The quantitative estimate of drug-likeness (QED) is 0.686. The summed E-state index contributed by atoms with van der Waals surface area (Å²) >= 11 is 0. The molecule has 0 N–H and O–H groups in total. The number of rotatable bonds is 8. The van der Waals surface area contributed by atoms with Crippen molar-refractivity contribution < 1.29 is 9.53 Å². The summed E-state index contributed by atoms with van der Waals surface area (Å²) in [5.41, 5.74) is 1.97. The topological polar surface area (TPSA) is 32.8 Å². The van der Waals surface area contributed by atoms with Crippen LogP contribution in [0, 0.1) is 0 Å². The van der Waals surface area contributed by atoms with Gasteiger partial charge in [0.2, 0.25) is 0 Å². The highest BCUT2D eigenvalue weighted by Crippen LogP contribution is 2.26. The Hall–Kier alpha value is -1.39. The number of Topliss-reactive ketones (excluding diaryl/α,β-unsaturated/α-hetero) is 1. The lowest BCUT2D eigenvalue weighted by Gasteiger charge is -2.20. The van der Waals surface area contributed by atoms with Crippen molar-refractivity contribution in [2.75, 3.05) is 46.9 Å². The fraction of sp³-hybridized carbons (Fsp3) is 0.588. The van der Waals surface area contributed by atoms with E-state index in [1.165, 1.54) is 0 Å². The third kappa shape index (κ3) is 4.55. The van der Waals surface area contributed by atoms with E-state index in [9.17, 15) is 4.79 Å². The van der Waals surface area contributed by atoms with Crippen molar-refractivity contribution in [2.45, 2.75) is 19.8 Å². The molecule has 0 atom stereocenters. The first-order valence-corrected chi connectivity index (χ1v) is 7.76. The van der Waals surface area contributed by atoms with Gasteiger partial charge >= 0.3 is 0 Å². The van der Waals surface area contributed by atoms with Crippen LogP contribution in [0.15, 0.2) is 18.2 Å². The van der Waals surface area contributed by atoms with E-state index in [1.807, 2.05) is 18.2 Å². The minimum absolute atomic E-state index is 0.205. The van der Waals surface area contributed by atoms with E-state index in [0.717, 1.165) is 56.0 Å². The van der Waals surface area contributed by atoms with Gasteiger partial charge in [-0.2, -0.15) is 0 Å². The van der Waals surface area contributed by atoms with Crippen molar-refractivity contribution in [3.05, 3.63) is 29.3 Å². The summed E-state index contributed by atoms with van der Waals surface area (Å²) < 4.78 is 5.48. The van der Waals surface area contributed by atoms with Crippen molar-refractivity contribution in [1.82, 2.24) is 9.80 Å². The molecule has 0 saturated carbocycles. The summed E-state index contributed by atoms with van der Waals surface area (Å²) in [5.74, 6) is 1.14. The van der Waals surface area contributed by atoms with Gasteiger partial charge in [0.1, 0.15) is 5.75 Å². The van der Waals surface area contributed by atoms with Crippen molar-refractivity contribution in [2.24, 2.45) is 0 Å². The summed E-state index contributed by atoms with van der Waals surface area (Å²) in [5, 5.41) is 0. The summed E-state index contributed by atoms with van der Waals surface area (Å²) in [6, 6.07) is 5.82. The molecule has 1 aliphatic heterocycles. The van der Waals surface area contributed by atoms with Crippen LogP contribution in [0.5, 0.6) is 5.75 Å². The number of ether oxygens (including phenoxy) is 1. The van der Waals surface area contributed by atoms with E-state index < -0.39 is 0 Å². The Bertz CT molecular complexity index is 486. The Morgan fingerprint density at radius 3 is 2.81 bits per heavy atom. The zero-order valence-electron chi connectivity index (χ0n) is 13.4. The number of carbonyl (C=O) groups is 1. The molecule has 1 aromatic rings. The van der Waals surface area contributed by atoms with Crippen LogP contribution in [0.4, 0.5) is 0 Å². The van der Waals surface area contributed by atoms with Gasteiger partial charge in [0.15, 0.2) is 5.78 Å². The van der Waals surface area contributed by atoms with Gasteiger partial charge in [-0.15, -0.1) is 0 Å². The van der Waals surface area contributed by atoms with Crippen molar-refractivity contribution in [3.63, 3.8) is 0 Å². The smallest absolute Gasteiger partial charge is 0.176 e. The molecule has 4 heteroatoms. The van der Waals surface area contributed by atoms with Gasteiger partial charge in [0.25, 0.3) is 0 Å². The summed E-state index contributed by atoms with van der Waals surface area (Å²) in [6.07, 6.45) is 2.00. The van der Waals surface area contributed by atoms with Gasteiger partial charge in [-0.05, 0) is 63.9 Å². The Kier molecular flexibility index (Phi) is 5.76. The van der Waals surface area contributed by atoms with E-state index >= 15 is 0 Å². The van der Waals surface area contributed by atoms with E-state index in [4.69, 9.17) is 4.74 Å². The second kappa shape index (κ2) is 7.57. The molecule has 0 unspecified atom stereocenters.